The number of nitrogens with two attached hydrogens (primary N) is 1. The molecular formula is C39H52N4O5. The molecule has 48 heavy (non-hydrogen) atoms. The first-order chi connectivity index (χ1) is 23.2. The van der Waals surface area contributed by atoms with Gasteiger partial charge in [-0.15, -0.1) is 0 Å². The Morgan fingerprint density at radius 1 is 1.08 bits per heavy atom. The van der Waals surface area contributed by atoms with Crippen LogP contribution in [-0.4, -0.2) is 67.9 Å². The van der Waals surface area contributed by atoms with E-state index in [0.717, 1.165) is 42.5 Å². The molecule has 0 radical (unpaired) electrons. The maximum absolute atomic E-state index is 11.6. The molecule has 2 heterocycles. The van der Waals surface area contributed by atoms with Gasteiger partial charge >= 0.3 is 0 Å². The first-order valence-electron chi connectivity index (χ1n) is 17.5. The number of nitrogens with one attached hydrogen (secondary N) is 2. The summed E-state index contributed by atoms with van der Waals surface area (Å²) >= 11 is 0. The van der Waals surface area contributed by atoms with Crippen molar-refractivity contribution >= 4 is 5.82 Å². The summed E-state index contributed by atoms with van der Waals surface area (Å²) in [7, 11) is 0. The van der Waals surface area contributed by atoms with Crippen molar-refractivity contribution in [1.29, 1.82) is 0 Å². The monoisotopic (exact) mass is 656 g/mol. The Morgan fingerprint density at radius 3 is 2.69 bits per heavy atom. The molecule has 3 aromatic rings. The Kier molecular flexibility index (Phi) is 12.6. The van der Waals surface area contributed by atoms with Crippen molar-refractivity contribution in [3.63, 3.8) is 0 Å². The van der Waals surface area contributed by atoms with Crippen molar-refractivity contribution in [2.45, 2.75) is 95.0 Å². The first kappa shape index (κ1) is 35.5. The van der Waals surface area contributed by atoms with E-state index in [9.17, 15) is 20.4 Å². The van der Waals surface area contributed by atoms with Crippen LogP contribution in [0.3, 0.4) is 0 Å². The average Bonchev–Trinajstić information content (AvgIpc) is 3.52. The minimum atomic E-state index is -0.776. The molecular weight excluding hydrogens is 604 g/mol. The summed E-state index contributed by atoms with van der Waals surface area (Å²) in [5.41, 5.74) is 9.11. The van der Waals surface area contributed by atoms with Crippen LogP contribution >= 0.6 is 0 Å². The highest BCUT2D eigenvalue weighted by molar-refractivity contribution is 5.44. The van der Waals surface area contributed by atoms with Gasteiger partial charge < -0.3 is 41.2 Å². The smallest absolute Gasteiger partial charge is 0.161 e. The molecule has 9 atom stereocenters. The van der Waals surface area contributed by atoms with Crippen molar-refractivity contribution in [1.82, 2.24) is 15.3 Å². The lowest BCUT2D eigenvalue weighted by Crippen LogP contribution is -2.40. The fraction of sp³-hybridized carbons (Fsp3) is 0.513. The lowest BCUT2D eigenvalue weighted by Gasteiger charge is -2.32. The molecule has 0 fully saturated rings. The molecule has 9 heteroatoms. The highest BCUT2D eigenvalue weighted by Gasteiger charge is 2.37. The molecule has 2 aromatic heterocycles. The number of hydrogen-bond donors (Lipinski definition) is 7. The number of benzene rings is 1. The summed E-state index contributed by atoms with van der Waals surface area (Å²) in [5.74, 6) is 7.31. The maximum Gasteiger partial charge on any atom is 0.161 e. The minimum Gasteiger partial charge on any atom is -0.504 e. The standard InChI is InChI=1S/C39H52N4O5/c1-3-26-6-7-27-8-9-28(21-36(47)39(27)35(46)13-11-33(19-26)43-24-25(2)44)29-10-12-34(45)37(22-29)48-18-15-31(20-32-5-4-16-41-32)30-14-17-42-38(40)23-30/h4-5,8-10,12,14,16-17,22-23,25-28,31,33,35-36,39,41,43-47H,3,11,13,15,18-21,24H2,1-2H3,(H2,40,42). The molecule has 258 valence electrons. The molecule has 0 aliphatic heterocycles. The van der Waals surface area contributed by atoms with Gasteiger partial charge in [0.25, 0.3) is 0 Å². The van der Waals surface area contributed by atoms with Crippen molar-refractivity contribution in [3.8, 4) is 23.3 Å². The van der Waals surface area contributed by atoms with Crippen LogP contribution < -0.4 is 15.8 Å². The van der Waals surface area contributed by atoms with Crippen LogP contribution in [0.2, 0.25) is 0 Å². The lowest BCUT2D eigenvalue weighted by molar-refractivity contribution is -0.00825. The number of aromatic nitrogens is 2. The topological polar surface area (TPSA) is 157 Å². The van der Waals surface area contributed by atoms with E-state index in [4.69, 9.17) is 10.5 Å². The van der Waals surface area contributed by atoms with Gasteiger partial charge in [0, 0.05) is 54.3 Å². The summed E-state index contributed by atoms with van der Waals surface area (Å²) in [6.45, 7) is 4.78. The second kappa shape index (κ2) is 17.0. The van der Waals surface area contributed by atoms with E-state index in [1.807, 2.05) is 36.5 Å². The molecule has 0 bridgehead atoms. The molecule has 5 rings (SSSR count). The van der Waals surface area contributed by atoms with Crippen LogP contribution in [0.15, 0.2) is 67.0 Å². The second-order valence-electron chi connectivity index (χ2n) is 13.6. The fourth-order valence-electron chi connectivity index (χ4n) is 7.15. The number of phenolic OH excluding ortho intramolecular Hbond substituents is 1. The van der Waals surface area contributed by atoms with Crippen molar-refractivity contribution < 1.29 is 25.2 Å². The number of nitrogen functional groups attached to an aromatic ring is 1. The zero-order valence-electron chi connectivity index (χ0n) is 28.1. The summed E-state index contributed by atoms with van der Waals surface area (Å²) in [4.78, 5) is 7.42. The molecule has 8 N–H and O–H groups in total. The van der Waals surface area contributed by atoms with Crippen LogP contribution in [-0.2, 0) is 6.42 Å². The average molecular weight is 657 g/mol. The summed E-state index contributed by atoms with van der Waals surface area (Å²) in [6.07, 6.45) is 10.8. The SMILES string of the molecule is CCC1C#CC2C=CC(c3ccc(O)c(OCCC(Cc4ccc[nH]4)c4ccnc(N)c4)c3)CC(O)C2C(O)CCC(NCC(C)O)C1. The number of aliphatic hydroxyl groups is 3. The van der Waals surface area contributed by atoms with E-state index in [1.165, 1.54) is 0 Å². The third kappa shape index (κ3) is 9.64. The fourth-order valence-corrected chi connectivity index (χ4v) is 7.15. The number of H-pyrrole nitrogens is 1. The Labute approximate surface area is 284 Å². The number of fused-ring (bicyclic) bond motifs is 1. The number of rotatable bonds is 12. The molecule has 1 aromatic carbocycles. The van der Waals surface area contributed by atoms with Gasteiger partial charge in [0.05, 0.1) is 24.9 Å². The lowest BCUT2D eigenvalue weighted by atomic mass is 9.78. The number of aromatic amines is 1. The van der Waals surface area contributed by atoms with Gasteiger partial charge in [-0.25, -0.2) is 4.98 Å². The quantitative estimate of drug-likeness (QED) is 0.106. The largest absolute Gasteiger partial charge is 0.504 e. The number of allylic oxidation sites excluding steroid dienone is 2. The molecule has 9 unspecified atom stereocenters. The third-order valence-electron chi connectivity index (χ3n) is 9.92. The highest BCUT2D eigenvalue weighted by atomic mass is 16.5. The Balaban J connectivity index is 1.29. The van der Waals surface area contributed by atoms with E-state index in [1.54, 1.807) is 19.2 Å². The van der Waals surface area contributed by atoms with Gasteiger partial charge in [0.2, 0.25) is 0 Å². The zero-order chi connectivity index (χ0) is 34.0. The molecule has 0 spiro atoms. The molecule has 0 amide bonds. The second-order valence-corrected chi connectivity index (χ2v) is 13.6. The molecule has 2 aliphatic carbocycles. The van der Waals surface area contributed by atoms with Crippen LogP contribution in [0.4, 0.5) is 5.82 Å². The predicted octanol–water partition coefficient (Wildman–Crippen LogP) is 5.04. The number of hydrogen-bond acceptors (Lipinski definition) is 8. The van der Waals surface area contributed by atoms with E-state index in [-0.39, 0.29) is 35.5 Å². The summed E-state index contributed by atoms with van der Waals surface area (Å²) in [6, 6.07) is 13.4. The number of nitrogens with zero attached hydrogens (tertiary/aromatic N) is 1. The number of aliphatic hydroxyl groups excluding tert-OH is 3. The van der Waals surface area contributed by atoms with Crippen molar-refractivity contribution in [2.24, 2.45) is 17.8 Å². The van der Waals surface area contributed by atoms with Crippen LogP contribution in [0, 0.1) is 29.6 Å². The van der Waals surface area contributed by atoms with Gasteiger partial charge in [-0.2, -0.15) is 0 Å². The van der Waals surface area contributed by atoms with E-state index >= 15 is 0 Å². The van der Waals surface area contributed by atoms with Gasteiger partial charge in [0.15, 0.2) is 11.5 Å². The number of ether oxygens (including phenoxy) is 1. The number of pyridine rings is 1. The van der Waals surface area contributed by atoms with Crippen molar-refractivity contribution in [2.75, 3.05) is 18.9 Å². The maximum atomic E-state index is 11.6. The summed E-state index contributed by atoms with van der Waals surface area (Å²) < 4.78 is 6.19. The number of phenols is 1. The van der Waals surface area contributed by atoms with Gasteiger partial charge in [-0.1, -0.05) is 37.0 Å². The minimum absolute atomic E-state index is 0.0609. The Morgan fingerprint density at radius 2 is 1.94 bits per heavy atom. The first-order valence-corrected chi connectivity index (χ1v) is 17.5. The van der Waals surface area contributed by atoms with Crippen LogP contribution in [0.25, 0.3) is 0 Å². The Bertz CT molecular complexity index is 1530. The van der Waals surface area contributed by atoms with E-state index in [2.05, 4.69) is 52.3 Å². The van der Waals surface area contributed by atoms with Crippen LogP contribution in [0.1, 0.15) is 81.0 Å². The van der Waals surface area contributed by atoms with Gasteiger partial charge in [-0.05, 0) is 105 Å². The van der Waals surface area contributed by atoms with E-state index < -0.39 is 24.2 Å². The van der Waals surface area contributed by atoms with Gasteiger partial charge in [0.1, 0.15) is 5.82 Å². The molecule has 0 saturated carbocycles. The molecule has 9 nitrogen and oxygen atoms in total. The van der Waals surface area contributed by atoms with Gasteiger partial charge in [-0.3, -0.25) is 0 Å². The highest BCUT2D eigenvalue weighted by Crippen LogP contribution is 2.39. The zero-order valence-corrected chi connectivity index (χ0v) is 28.1. The Hall–Kier alpha value is -3.81. The third-order valence-corrected chi connectivity index (χ3v) is 9.92. The molecule has 0 saturated heterocycles. The molecule has 2 aliphatic rings. The predicted molar refractivity (Wildman–Crippen MR) is 188 cm³/mol. The summed E-state index contributed by atoms with van der Waals surface area (Å²) in [5, 5.41) is 47.0. The number of anilines is 1. The van der Waals surface area contributed by atoms with E-state index in [0.29, 0.717) is 44.0 Å². The van der Waals surface area contributed by atoms with Crippen LogP contribution in [0.5, 0.6) is 11.5 Å². The number of aromatic hydroxyl groups is 1. The normalized spacial score (nSPS) is 27.1. The van der Waals surface area contributed by atoms with Crippen molar-refractivity contribution in [3.05, 3.63) is 83.8 Å².